The Morgan fingerprint density at radius 1 is 1.31 bits per heavy atom. The van der Waals surface area contributed by atoms with E-state index in [0.717, 1.165) is 0 Å². The van der Waals surface area contributed by atoms with Gasteiger partial charge in [0.05, 0.1) is 0 Å². The van der Waals surface area contributed by atoms with Gasteiger partial charge < -0.3 is 5.11 Å². The van der Waals surface area contributed by atoms with Crippen molar-refractivity contribution >= 4 is 0 Å². The highest BCUT2D eigenvalue weighted by Gasteiger charge is 2.58. The molecule has 1 fully saturated rings. The molecule has 3 atom stereocenters. The van der Waals surface area contributed by atoms with Crippen LogP contribution in [0.1, 0.15) is 25.3 Å². The Morgan fingerprint density at radius 3 is 2.38 bits per heavy atom. The van der Waals surface area contributed by atoms with Crippen molar-refractivity contribution in [2.45, 2.75) is 19.8 Å². The summed E-state index contributed by atoms with van der Waals surface area (Å²) < 4.78 is 0. The van der Waals surface area contributed by atoms with Crippen LogP contribution in [0.15, 0.2) is 30.3 Å². The van der Waals surface area contributed by atoms with Gasteiger partial charge in [0.2, 0.25) is 0 Å². The van der Waals surface area contributed by atoms with Gasteiger partial charge in [-0.15, -0.1) is 0 Å². The quantitative estimate of drug-likeness (QED) is 0.733. The lowest BCUT2D eigenvalue weighted by Gasteiger charge is -2.05. The van der Waals surface area contributed by atoms with Gasteiger partial charge in [-0.3, -0.25) is 0 Å². The van der Waals surface area contributed by atoms with Gasteiger partial charge in [0.15, 0.2) is 0 Å². The van der Waals surface area contributed by atoms with Crippen molar-refractivity contribution in [1.82, 2.24) is 0 Å². The second kappa shape index (κ2) is 2.85. The van der Waals surface area contributed by atoms with E-state index >= 15 is 0 Å². The Labute approximate surface area is 79.4 Å². The first-order chi connectivity index (χ1) is 6.20. The number of benzene rings is 1. The van der Waals surface area contributed by atoms with E-state index in [1.807, 2.05) is 6.07 Å². The van der Waals surface area contributed by atoms with Gasteiger partial charge in [-0.05, 0) is 17.4 Å². The van der Waals surface area contributed by atoms with Gasteiger partial charge in [-0.2, -0.15) is 0 Å². The Hall–Kier alpha value is -0.820. The van der Waals surface area contributed by atoms with Crippen molar-refractivity contribution in [2.75, 3.05) is 6.61 Å². The molecule has 0 radical (unpaired) electrons. The normalized spacial score (nSPS) is 37.5. The molecule has 1 aliphatic rings. The molecule has 0 saturated heterocycles. The van der Waals surface area contributed by atoms with Crippen LogP contribution >= 0.6 is 0 Å². The number of hydrogen-bond acceptors (Lipinski definition) is 1. The maximum absolute atomic E-state index is 9.27. The summed E-state index contributed by atoms with van der Waals surface area (Å²) in [5, 5.41) is 9.27. The van der Waals surface area contributed by atoms with Crippen molar-refractivity contribution in [2.24, 2.45) is 11.3 Å². The minimum atomic E-state index is 0.126. The third-order valence-electron chi connectivity index (χ3n) is 3.64. The Morgan fingerprint density at radius 2 is 1.92 bits per heavy atom. The SMILES string of the molecule is C[C@@H]1[C@@H](c2ccccc2)[C@]1(C)CO. The van der Waals surface area contributed by atoms with Crippen molar-refractivity contribution < 1.29 is 5.11 Å². The van der Waals surface area contributed by atoms with Crippen LogP contribution in [0, 0.1) is 11.3 Å². The van der Waals surface area contributed by atoms with Crippen molar-refractivity contribution in [3.8, 4) is 0 Å². The molecule has 0 spiro atoms. The average molecular weight is 176 g/mol. The highest BCUT2D eigenvalue weighted by atomic mass is 16.3. The Bertz CT molecular complexity index is 293. The lowest BCUT2D eigenvalue weighted by atomic mass is 10.0. The molecule has 0 heterocycles. The molecular formula is C12H16O. The smallest absolute Gasteiger partial charge is 0.0493 e. The summed E-state index contributed by atoms with van der Waals surface area (Å²) in [5.41, 5.74) is 1.49. The molecule has 70 valence electrons. The fraction of sp³-hybridized carbons (Fsp3) is 0.500. The molecular weight excluding hydrogens is 160 g/mol. The molecule has 1 saturated carbocycles. The van der Waals surface area contributed by atoms with Crippen LogP contribution in [-0.4, -0.2) is 11.7 Å². The summed E-state index contributed by atoms with van der Waals surface area (Å²) >= 11 is 0. The van der Waals surface area contributed by atoms with Crippen LogP contribution in [0.3, 0.4) is 0 Å². The van der Waals surface area contributed by atoms with Crippen LogP contribution in [0.4, 0.5) is 0 Å². The van der Waals surface area contributed by atoms with Gasteiger partial charge in [0.25, 0.3) is 0 Å². The lowest BCUT2D eigenvalue weighted by Crippen LogP contribution is -2.04. The predicted molar refractivity (Wildman–Crippen MR) is 53.5 cm³/mol. The van der Waals surface area contributed by atoms with Crippen LogP contribution in [-0.2, 0) is 0 Å². The van der Waals surface area contributed by atoms with Gasteiger partial charge in [0.1, 0.15) is 0 Å². The zero-order chi connectivity index (χ0) is 9.47. The van der Waals surface area contributed by atoms with Crippen LogP contribution < -0.4 is 0 Å². The van der Waals surface area contributed by atoms with E-state index in [4.69, 9.17) is 0 Å². The molecule has 1 aliphatic carbocycles. The van der Waals surface area contributed by atoms with E-state index < -0.39 is 0 Å². The third kappa shape index (κ3) is 1.19. The summed E-state index contributed by atoms with van der Waals surface area (Å²) in [6.45, 7) is 4.68. The summed E-state index contributed by atoms with van der Waals surface area (Å²) in [7, 11) is 0. The molecule has 0 aromatic heterocycles. The monoisotopic (exact) mass is 176 g/mol. The predicted octanol–water partition coefficient (Wildman–Crippen LogP) is 2.42. The summed E-state index contributed by atoms with van der Waals surface area (Å²) in [4.78, 5) is 0. The second-order valence-corrected chi connectivity index (χ2v) is 4.34. The third-order valence-corrected chi connectivity index (χ3v) is 3.64. The molecule has 0 aliphatic heterocycles. The van der Waals surface area contributed by atoms with E-state index in [0.29, 0.717) is 18.4 Å². The summed E-state index contributed by atoms with van der Waals surface area (Å²) in [6.07, 6.45) is 0. The first-order valence-corrected chi connectivity index (χ1v) is 4.86. The molecule has 0 bridgehead atoms. The first kappa shape index (κ1) is 8.76. The largest absolute Gasteiger partial charge is 0.396 e. The van der Waals surface area contributed by atoms with E-state index in [9.17, 15) is 5.11 Å². The maximum Gasteiger partial charge on any atom is 0.0493 e. The molecule has 1 aromatic carbocycles. The van der Waals surface area contributed by atoms with E-state index in [1.54, 1.807) is 0 Å². The molecule has 0 unspecified atom stereocenters. The minimum absolute atomic E-state index is 0.126. The zero-order valence-corrected chi connectivity index (χ0v) is 8.20. The highest BCUT2D eigenvalue weighted by Crippen LogP contribution is 2.63. The van der Waals surface area contributed by atoms with Crippen molar-refractivity contribution in [3.63, 3.8) is 0 Å². The second-order valence-electron chi connectivity index (χ2n) is 4.34. The highest BCUT2D eigenvalue weighted by molar-refractivity contribution is 5.31. The van der Waals surface area contributed by atoms with E-state index in [-0.39, 0.29) is 5.41 Å². The molecule has 1 nitrogen and oxygen atoms in total. The van der Waals surface area contributed by atoms with E-state index in [2.05, 4.69) is 38.1 Å². The average Bonchev–Trinajstić information content (AvgIpc) is 2.72. The van der Waals surface area contributed by atoms with Crippen LogP contribution in [0.25, 0.3) is 0 Å². The molecule has 13 heavy (non-hydrogen) atoms. The maximum atomic E-state index is 9.27. The standard InChI is InChI=1S/C12H16O/c1-9-11(12(9,2)8-13)10-6-4-3-5-7-10/h3-7,9,11,13H,8H2,1-2H3/t9-,11+,12-/m1/s1. The van der Waals surface area contributed by atoms with Crippen molar-refractivity contribution in [3.05, 3.63) is 35.9 Å². The van der Waals surface area contributed by atoms with Crippen molar-refractivity contribution in [1.29, 1.82) is 0 Å². The molecule has 1 heteroatoms. The van der Waals surface area contributed by atoms with Gasteiger partial charge in [0, 0.05) is 12.0 Å². The number of hydrogen-bond donors (Lipinski definition) is 1. The lowest BCUT2D eigenvalue weighted by molar-refractivity contribution is 0.211. The number of rotatable bonds is 2. The number of aliphatic hydroxyl groups is 1. The van der Waals surface area contributed by atoms with Gasteiger partial charge in [-0.25, -0.2) is 0 Å². The molecule has 1 N–H and O–H groups in total. The first-order valence-electron chi connectivity index (χ1n) is 4.86. The molecule has 2 rings (SSSR count). The van der Waals surface area contributed by atoms with Gasteiger partial charge in [-0.1, -0.05) is 44.2 Å². The Kier molecular flexibility index (Phi) is 1.92. The summed E-state index contributed by atoms with van der Waals surface area (Å²) in [5.74, 6) is 1.17. The number of aliphatic hydroxyl groups excluding tert-OH is 1. The zero-order valence-electron chi connectivity index (χ0n) is 8.20. The van der Waals surface area contributed by atoms with E-state index in [1.165, 1.54) is 5.56 Å². The molecule has 1 aromatic rings. The fourth-order valence-electron chi connectivity index (χ4n) is 2.37. The van der Waals surface area contributed by atoms with Gasteiger partial charge >= 0.3 is 0 Å². The Balaban J connectivity index is 2.23. The molecule has 0 amide bonds. The minimum Gasteiger partial charge on any atom is -0.396 e. The van der Waals surface area contributed by atoms with Crippen LogP contribution in [0.5, 0.6) is 0 Å². The topological polar surface area (TPSA) is 20.2 Å². The summed E-state index contributed by atoms with van der Waals surface area (Å²) in [6, 6.07) is 10.5. The fourth-order valence-corrected chi connectivity index (χ4v) is 2.37. The van der Waals surface area contributed by atoms with Crippen LogP contribution in [0.2, 0.25) is 0 Å².